The summed E-state index contributed by atoms with van der Waals surface area (Å²) in [5, 5.41) is 0. The smallest absolute Gasteiger partial charge is 0.248 e. The molecule has 5 heteroatoms. The first-order valence-corrected chi connectivity index (χ1v) is 8.71. The number of carbonyl (C=O) groups excluding carboxylic acids is 1. The van der Waals surface area contributed by atoms with Gasteiger partial charge in [0.25, 0.3) is 0 Å². The third-order valence-electron chi connectivity index (χ3n) is 4.72. The highest BCUT2D eigenvalue weighted by molar-refractivity contribution is 5.77. The van der Waals surface area contributed by atoms with Crippen molar-refractivity contribution >= 4 is 5.91 Å². The van der Waals surface area contributed by atoms with E-state index >= 15 is 0 Å². The van der Waals surface area contributed by atoms with E-state index in [-0.39, 0.29) is 12.5 Å². The van der Waals surface area contributed by atoms with E-state index in [0.717, 1.165) is 38.3 Å². The number of carbonyl (C=O) groups is 1. The van der Waals surface area contributed by atoms with Gasteiger partial charge in [-0.25, -0.2) is 0 Å². The Morgan fingerprint density at radius 3 is 2.88 bits per heavy atom. The molecule has 0 bridgehead atoms. The fourth-order valence-corrected chi connectivity index (χ4v) is 3.41. The summed E-state index contributed by atoms with van der Waals surface area (Å²) in [4.78, 5) is 16.2. The summed E-state index contributed by atoms with van der Waals surface area (Å²) in [5.41, 5.74) is 1.26. The number of nitrogens with zero attached hydrogens (tertiary/aromatic N) is 2. The number of hydrogen-bond donors (Lipinski definition) is 0. The van der Waals surface area contributed by atoms with Gasteiger partial charge < -0.3 is 19.3 Å². The predicted octanol–water partition coefficient (Wildman–Crippen LogP) is 2.05. The van der Waals surface area contributed by atoms with Gasteiger partial charge in [-0.05, 0) is 43.4 Å². The number of ether oxygens (including phenoxy) is 2. The lowest BCUT2D eigenvalue weighted by Crippen LogP contribution is -2.42. The van der Waals surface area contributed by atoms with Crippen LogP contribution >= 0.6 is 0 Å². The summed E-state index contributed by atoms with van der Waals surface area (Å²) >= 11 is 0. The lowest BCUT2D eigenvalue weighted by Gasteiger charge is -2.34. The van der Waals surface area contributed by atoms with E-state index in [1.807, 2.05) is 19.2 Å². The molecule has 1 aliphatic rings. The van der Waals surface area contributed by atoms with Gasteiger partial charge in [0.1, 0.15) is 12.4 Å². The van der Waals surface area contributed by atoms with E-state index in [4.69, 9.17) is 9.47 Å². The number of hydrogen-bond acceptors (Lipinski definition) is 4. The minimum Gasteiger partial charge on any atom is -0.496 e. The maximum atomic E-state index is 11.9. The molecule has 1 atom stereocenters. The van der Waals surface area contributed by atoms with Crippen LogP contribution in [0.4, 0.5) is 0 Å². The molecule has 0 saturated carbocycles. The maximum absolute atomic E-state index is 11.9. The molecule has 24 heavy (non-hydrogen) atoms. The molecule has 0 N–H and O–H groups in total. The average Bonchev–Trinajstić information content (AvgIpc) is 2.60. The average molecular weight is 334 g/mol. The van der Waals surface area contributed by atoms with Gasteiger partial charge in [-0.1, -0.05) is 18.2 Å². The molecule has 1 aliphatic heterocycles. The Hall–Kier alpha value is -1.59. The van der Waals surface area contributed by atoms with Crippen molar-refractivity contribution in [1.29, 1.82) is 0 Å². The molecule has 0 spiro atoms. The van der Waals surface area contributed by atoms with Crippen molar-refractivity contribution in [1.82, 2.24) is 9.80 Å². The number of methoxy groups -OCH3 is 2. The lowest BCUT2D eigenvalue weighted by molar-refractivity contribution is -0.134. The zero-order valence-corrected chi connectivity index (χ0v) is 15.2. The Bertz CT molecular complexity index is 521. The minimum atomic E-state index is 0.0589. The van der Waals surface area contributed by atoms with Crippen LogP contribution in [-0.4, -0.2) is 69.8 Å². The SMILES string of the molecule is COCC(=O)N(C)CC1CCCN(CCc2ccccc2OC)C1. The molecule has 0 radical (unpaired) electrons. The predicted molar refractivity (Wildman–Crippen MR) is 95.4 cm³/mol. The van der Waals surface area contributed by atoms with Gasteiger partial charge >= 0.3 is 0 Å². The van der Waals surface area contributed by atoms with E-state index in [2.05, 4.69) is 17.0 Å². The fraction of sp³-hybridized carbons (Fsp3) is 0.632. The van der Waals surface area contributed by atoms with Crippen LogP contribution in [0.5, 0.6) is 5.75 Å². The molecule has 5 nitrogen and oxygen atoms in total. The molecular weight excluding hydrogens is 304 g/mol. The Morgan fingerprint density at radius 1 is 1.33 bits per heavy atom. The van der Waals surface area contributed by atoms with Gasteiger partial charge in [0.2, 0.25) is 5.91 Å². The van der Waals surface area contributed by atoms with Crippen LogP contribution in [-0.2, 0) is 16.0 Å². The topological polar surface area (TPSA) is 42.0 Å². The van der Waals surface area contributed by atoms with Crippen molar-refractivity contribution < 1.29 is 14.3 Å². The van der Waals surface area contributed by atoms with Gasteiger partial charge in [0, 0.05) is 33.8 Å². The number of benzene rings is 1. The Balaban J connectivity index is 1.81. The number of likely N-dealkylation sites (tertiary alicyclic amines) is 1. The third kappa shape index (κ3) is 5.49. The molecule has 1 fully saturated rings. The van der Waals surface area contributed by atoms with Crippen LogP contribution < -0.4 is 4.74 Å². The highest BCUT2D eigenvalue weighted by atomic mass is 16.5. The summed E-state index contributed by atoms with van der Waals surface area (Å²) in [6.07, 6.45) is 3.38. The highest BCUT2D eigenvalue weighted by Gasteiger charge is 2.22. The number of rotatable bonds is 8. The van der Waals surface area contributed by atoms with Crippen LogP contribution in [0.1, 0.15) is 18.4 Å². The zero-order valence-electron chi connectivity index (χ0n) is 15.2. The van der Waals surface area contributed by atoms with Crippen LogP contribution in [0.3, 0.4) is 0 Å². The van der Waals surface area contributed by atoms with Crippen molar-refractivity contribution in [2.45, 2.75) is 19.3 Å². The minimum absolute atomic E-state index is 0.0589. The number of piperidine rings is 1. The lowest BCUT2D eigenvalue weighted by atomic mass is 9.97. The molecule has 2 rings (SSSR count). The van der Waals surface area contributed by atoms with Crippen LogP contribution in [0, 0.1) is 5.92 Å². The third-order valence-corrected chi connectivity index (χ3v) is 4.72. The molecule has 1 aromatic rings. The van der Waals surface area contributed by atoms with Gasteiger partial charge in [-0.15, -0.1) is 0 Å². The second-order valence-corrected chi connectivity index (χ2v) is 6.58. The van der Waals surface area contributed by atoms with Gasteiger partial charge in [0.15, 0.2) is 0 Å². The van der Waals surface area contributed by atoms with Crippen molar-refractivity contribution in [3.63, 3.8) is 0 Å². The van der Waals surface area contributed by atoms with Crippen molar-refractivity contribution in [2.75, 3.05) is 54.1 Å². The number of amides is 1. The van der Waals surface area contributed by atoms with Crippen molar-refractivity contribution in [3.8, 4) is 5.75 Å². The van der Waals surface area contributed by atoms with E-state index in [9.17, 15) is 4.79 Å². The number of likely N-dealkylation sites (N-methyl/N-ethyl adjacent to an activating group) is 1. The Kier molecular flexibility index (Phi) is 7.53. The normalized spacial score (nSPS) is 18.4. The molecule has 1 saturated heterocycles. The fourth-order valence-electron chi connectivity index (χ4n) is 3.41. The number of para-hydroxylation sites is 1. The quantitative estimate of drug-likeness (QED) is 0.730. The molecule has 1 aromatic carbocycles. The van der Waals surface area contributed by atoms with Crippen LogP contribution in [0.25, 0.3) is 0 Å². The molecule has 1 unspecified atom stereocenters. The summed E-state index contributed by atoms with van der Waals surface area (Å²) in [5.74, 6) is 1.57. The largest absolute Gasteiger partial charge is 0.496 e. The van der Waals surface area contributed by atoms with Crippen LogP contribution in [0.15, 0.2) is 24.3 Å². The van der Waals surface area contributed by atoms with Crippen molar-refractivity contribution in [3.05, 3.63) is 29.8 Å². The molecule has 0 aliphatic carbocycles. The van der Waals surface area contributed by atoms with Gasteiger partial charge in [-0.2, -0.15) is 0 Å². The molecule has 1 heterocycles. The second kappa shape index (κ2) is 9.64. The Morgan fingerprint density at radius 2 is 2.12 bits per heavy atom. The highest BCUT2D eigenvalue weighted by Crippen LogP contribution is 2.21. The first-order chi connectivity index (χ1) is 11.6. The monoisotopic (exact) mass is 334 g/mol. The summed E-state index contributed by atoms with van der Waals surface area (Å²) in [6.45, 7) is 4.21. The molecule has 134 valence electrons. The van der Waals surface area contributed by atoms with E-state index < -0.39 is 0 Å². The first kappa shape index (κ1) is 18.7. The summed E-state index contributed by atoms with van der Waals surface area (Å²) in [7, 11) is 5.16. The Labute approximate surface area is 145 Å². The van der Waals surface area contributed by atoms with Crippen LogP contribution in [0.2, 0.25) is 0 Å². The standard InChI is InChI=1S/C19H30N2O3/c1-20(19(22)15-23-2)13-16-7-6-11-21(14-16)12-10-17-8-4-5-9-18(17)24-3/h4-5,8-9,16H,6-7,10-15H2,1-3H3. The van der Waals surface area contributed by atoms with E-state index in [0.29, 0.717) is 5.92 Å². The zero-order chi connectivity index (χ0) is 17.4. The van der Waals surface area contributed by atoms with E-state index in [1.165, 1.54) is 18.4 Å². The molecule has 1 amide bonds. The molecule has 0 aromatic heterocycles. The van der Waals surface area contributed by atoms with Gasteiger partial charge in [0.05, 0.1) is 7.11 Å². The summed E-state index contributed by atoms with van der Waals surface area (Å²) in [6, 6.07) is 8.22. The first-order valence-electron chi connectivity index (χ1n) is 8.71. The van der Waals surface area contributed by atoms with E-state index in [1.54, 1.807) is 19.1 Å². The van der Waals surface area contributed by atoms with Crippen molar-refractivity contribution in [2.24, 2.45) is 5.92 Å². The second-order valence-electron chi connectivity index (χ2n) is 6.58. The molecular formula is C19H30N2O3. The maximum Gasteiger partial charge on any atom is 0.248 e. The van der Waals surface area contributed by atoms with Gasteiger partial charge in [-0.3, -0.25) is 4.79 Å². The summed E-state index contributed by atoms with van der Waals surface area (Å²) < 4.78 is 10.4.